The first-order valence-electron chi connectivity index (χ1n) is 6.09. The van der Waals surface area contributed by atoms with Gasteiger partial charge in [0.25, 0.3) is 5.91 Å². The van der Waals surface area contributed by atoms with E-state index in [4.69, 9.17) is 0 Å². The summed E-state index contributed by atoms with van der Waals surface area (Å²) in [5, 5.41) is 9.53. The standard InChI is InChI=1S/C14H12N4O2/c1-8(19)15-13-12(14(20)18-17-13)11-7-6-9-4-2-3-5-10(9)16-11/h2-7,16H,1H3,(H,18,20)(H,15,17,19)/b12-11-. The van der Waals surface area contributed by atoms with E-state index >= 15 is 0 Å². The first-order chi connectivity index (χ1) is 9.65. The lowest BCUT2D eigenvalue weighted by Gasteiger charge is -2.17. The summed E-state index contributed by atoms with van der Waals surface area (Å²) in [7, 11) is 0. The van der Waals surface area contributed by atoms with E-state index in [1.165, 1.54) is 6.92 Å². The Morgan fingerprint density at radius 2 is 2.05 bits per heavy atom. The molecule has 0 unspecified atom stereocenters. The molecule has 0 saturated carbocycles. The number of amidine groups is 1. The summed E-state index contributed by atoms with van der Waals surface area (Å²) in [6.07, 6.45) is 3.70. The molecule has 20 heavy (non-hydrogen) atoms. The molecule has 0 aromatic heterocycles. The molecule has 0 fully saturated rings. The SMILES string of the molecule is CC(=O)NC1=NNC(=O)/C1=C1/C=Cc2ccccc2N1. The van der Waals surface area contributed by atoms with Crippen molar-refractivity contribution in [3.8, 4) is 0 Å². The Morgan fingerprint density at radius 1 is 1.25 bits per heavy atom. The summed E-state index contributed by atoms with van der Waals surface area (Å²) >= 11 is 0. The maximum Gasteiger partial charge on any atom is 0.277 e. The molecular formula is C14H12N4O2. The minimum absolute atomic E-state index is 0.231. The first-order valence-corrected chi connectivity index (χ1v) is 6.09. The molecule has 6 nitrogen and oxygen atoms in total. The number of carbonyl (C=O) groups excluding carboxylic acids is 2. The molecule has 2 heterocycles. The van der Waals surface area contributed by atoms with Gasteiger partial charge < -0.3 is 10.6 Å². The molecule has 6 heteroatoms. The number of nitrogens with one attached hydrogen (secondary N) is 3. The van der Waals surface area contributed by atoms with Crippen molar-refractivity contribution in [2.45, 2.75) is 6.92 Å². The molecule has 0 bridgehead atoms. The molecule has 2 aliphatic rings. The molecule has 3 N–H and O–H groups in total. The van der Waals surface area contributed by atoms with Crippen molar-refractivity contribution in [1.82, 2.24) is 10.7 Å². The lowest BCUT2D eigenvalue weighted by Crippen LogP contribution is -2.31. The monoisotopic (exact) mass is 268 g/mol. The highest BCUT2D eigenvalue weighted by Gasteiger charge is 2.27. The molecule has 2 amide bonds. The predicted molar refractivity (Wildman–Crippen MR) is 75.5 cm³/mol. The van der Waals surface area contributed by atoms with Crippen LogP contribution < -0.4 is 16.1 Å². The fourth-order valence-electron chi connectivity index (χ4n) is 2.09. The number of hydrogen-bond acceptors (Lipinski definition) is 4. The fraction of sp³-hybridized carbons (Fsp3) is 0.0714. The van der Waals surface area contributed by atoms with E-state index in [0.29, 0.717) is 11.3 Å². The number of benzene rings is 1. The zero-order valence-electron chi connectivity index (χ0n) is 10.7. The largest absolute Gasteiger partial charge is 0.354 e. The zero-order chi connectivity index (χ0) is 14.1. The smallest absolute Gasteiger partial charge is 0.277 e. The van der Waals surface area contributed by atoms with Gasteiger partial charge in [0.2, 0.25) is 5.91 Å². The Kier molecular flexibility index (Phi) is 2.83. The minimum atomic E-state index is -0.347. The number of fused-ring (bicyclic) bond motifs is 1. The molecule has 1 aromatic rings. The molecule has 0 saturated heterocycles. The van der Waals surface area contributed by atoms with E-state index in [2.05, 4.69) is 21.2 Å². The van der Waals surface area contributed by atoms with Crippen LogP contribution in [0.3, 0.4) is 0 Å². The van der Waals surface area contributed by atoms with Crippen molar-refractivity contribution in [1.29, 1.82) is 0 Å². The van der Waals surface area contributed by atoms with Gasteiger partial charge in [-0.3, -0.25) is 9.59 Å². The third-order valence-corrected chi connectivity index (χ3v) is 2.96. The maximum absolute atomic E-state index is 11.9. The van der Waals surface area contributed by atoms with E-state index in [0.717, 1.165) is 11.3 Å². The number of rotatable bonds is 0. The van der Waals surface area contributed by atoms with Crippen molar-refractivity contribution in [2.75, 3.05) is 5.32 Å². The highest BCUT2D eigenvalue weighted by molar-refractivity contribution is 6.27. The van der Waals surface area contributed by atoms with Crippen LogP contribution in [0.15, 0.2) is 46.7 Å². The van der Waals surface area contributed by atoms with Crippen LogP contribution >= 0.6 is 0 Å². The molecular weight excluding hydrogens is 256 g/mol. The van der Waals surface area contributed by atoms with Gasteiger partial charge in [0.15, 0.2) is 5.84 Å². The van der Waals surface area contributed by atoms with Crippen LogP contribution in [0.1, 0.15) is 12.5 Å². The van der Waals surface area contributed by atoms with Crippen LogP contribution in [0.25, 0.3) is 6.08 Å². The lowest BCUT2D eigenvalue weighted by molar-refractivity contribution is -0.117. The molecule has 0 aliphatic carbocycles. The molecule has 100 valence electrons. The Balaban J connectivity index is 2.01. The summed E-state index contributed by atoms with van der Waals surface area (Å²) < 4.78 is 0. The van der Waals surface area contributed by atoms with Gasteiger partial charge in [0.05, 0.1) is 5.70 Å². The molecule has 3 rings (SSSR count). The molecule has 2 aliphatic heterocycles. The third kappa shape index (κ3) is 2.07. The summed E-state index contributed by atoms with van der Waals surface area (Å²) in [5.74, 6) is -0.396. The van der Waals surface area contributed by atoms with Gasteiger partial charge in [-0.15, -0.1) is 0 Å². The number of carbonyl (C=O) groups is 2. The van der Waals surface area contributed by atoms with Gasteiger partial charge in [-0.1, -0.05) is 24.3 Å². The van der Waals surface area contributed by atoms with Crippen LogP contribution in [0, 0.1) is 0 Å². The molecule has 0 spiro atoms. The zero-order valence-corrected chi connectivity index (χ0v) is 10.7. The second kappa shape index (κ2) is 4.65. The molecule has 0 atom stereocenters. The van der Waals surface area contributed by atoms with E-state index < -0.39 is 0 Å². The normalized spacial score (nSPS) is 19.9. The minimum Gasteiger partial charge on any atom is -0.354 e. The van der Waals surface area contributed by atoms with Crippen LogP contribution in [0.4, 0.5) is 5.69 Å². The predicted octanol–water partition coefficient (Wildman–Crippen LogP) is 0.959. The first kappa shape index (κ1) is 12.2. The van der Waals surface area contributed by atoms with Crippen LogP contribution in [0.5, 0.6) is 0 Å². The Hall–Kier alpha value is -2.89. The van der Waals surface area contributed by atoms with E-state index in [1.54, 1.807) is 6.08 Å². The topological polar surface area (TPSA) is 82.6 Å². The van der Waals surface area contributed by atoms with E-state index in [1.807, 2.05) is 30.3 Å². The average molecular weight is 268 g/mol. The Bertz CT molecular complexity index is 701. The summed E-state index contributed by atoms with van der Waals surface area (Å²) in [4.78, 5) is 23.0. The average Bonchev–Trinajstić information content (AvgIpc) is 2.78. The van der Waals surface area contributed by atoms with Gasteiger partial charge in [0, 0.05) is 12.6 Å². The highest BCUT2D eigenvalue weighted by atomic mass is 16.2. The van der Waals surface area contributed by atoms with Crippen molar-refractivity contribution in [3.63, 3.8) is 0 Å². The molecule has 0 radical (unpaired) electrons. The number of amides is 2. The van der Waals surface area contributed by atoms with Crippen LogP contribution in [0.2, 0.25) is 0 Å². The maximum atomic E-state index is 11.9. The number of anilines is 1. The van der Waals surface area contributed by atoms with E-state index in [-0.39, 0.29) is 17.6 Å². The van der Waals surface area contributed by atoms with Gasteiger partial charge in [0.1, 0.15) is 5.57 Å². The lowest BCUT2D eigenvalue weighted by atomic mass is 10.0. The summed E-state index contributed by atoms with van der Waals surface area (Å²) in [6, 6.07) is 7.74. The summed E-state index contributed by atoms with van der Waals surface area (Å²) in [6.45, 7) is 1.37. The van der Waals surface area contributed by atoms with Gasteiger partial charge in [-0.05, 0) is 17.7 Å². The van der Waals surface area contributed by atoms with Crippen LogP contribution in [-0.4, -0.2) is 17.6 Å². The number of hydrazone groups is 1. The van der Waals surface area contributed by atoms with Gasteiger partial charge in [-0.25, -0.2) is 5.43 Å². The summed E-state index contributed by atoms with van der Waals surface area (Å²) in [5.41, 5.74) is 5.21. The third-order valence-electron chi connectivity index (χ3n) is 2.96. The number of allylic oxidation sites excluding steroid dienone is 1. The van der Waals surface area contributed by atoms with Crippen molar-refractivity contribution < 1.29 is 9.59 Å². The van der Waals surface area contributed by atoms with Gasteiger partial charge in [-0.2, -0.15) is 5.10 Å². The van der Waals surface area contributed by atoms with Crippen LogP contribution in [-0.2, 0) is 9.59 Å². The molecule has 1 aromatic carbocycles. The highest BCUT2D eigenvalue weighted by Crippen LogP contribution is 2.26. The number of nitrogens with zero attached hydrogens (tertiary/aromatic N) is 1. The van der Waals surface area contributed by atoms with Crippen molar-refractivity contribution >= 4 is 29.4 Å². The quantitative estimate of drug-likeness (QED) is 0.613. The van der Waals surface area contributed by atoms with Crippen molar-refractivity contribution in [2.24, 2.45) is 5.10 Å². The fourth-order valence-corrected chi connectivity index (χ4v) is 2.09. The Morgan fingerprint density at radius 3 is 2.85 bits per heavy atom. The second-order valence-corrected chi connectivity index (χ2v) is 4.42. The van der Waals surface area contributed by atoms with Gasteiger partial charge >= 0.3 is 0 Å². The van der Waals surface area contributed by atoms with E-state index in [9.17, 15) is 9.59 Å². The number of para-hydroxylation sites is 1. The Labute approximate surface area is 115 Å². The second-order valence-electron chi connectivity index (χ2n) is 4.42. The van der Waals surface area contributed by atoms with Crippen molar-refractivity contribution in [3.05, 3.63) is 47.2 Å². The number of hydrogen-bond donors (Lipinski definition) is 3.